The first-order valence-corrected chi connectivity index (χ1v) is 12.6. The molecule has 10 atom stereocenters. The van der Waals surface area contributed by atoms with Crippen LogP contribution in [0, 0.1) is 52.3 Å². The number of hydrogen-bond acceptors (Lipinski definition) is 2. The topological polar surface area (TPSA) is 57.5 Å². The van der Waals surface area contributed by atoms with Gasteiger partial charge in [0.15, 0.2) is 0 Å². The molecule has 0 radical (unpaired) electrons. The molecule has 4 saturated carbocycles. The second-order valence-electron chi connectivity index (χ2n) is 11.9. The van der Waals surface area contributed by atoms with Gasteiger partial charge in [0.25, 0.3) is 0 Å². The maximum atomic E-state index is 11.6. The van der Waals surface area contributed by atoms with Gasteiger partial charge in [-0.15, -0.1) is 0 Å². The van der Waals surface area contributed by atoms with Crippen LogP contribution in [0.15, 0.2) is 0 Å². The molecule has 1 unspecified atom stereocenters. The van der Waals surface area contributed by atoms with E-state index in [0.717, 1.165) is 25.2 Å². The molecule has 4 aliphatic carbocycles. The Morgan fingerprint density at radius 3 is 2.45 bits per heavy atom. The number of rotatable bonds is 5. The van der Waals surface area contributed by atoms with Crippen LogP contribution in [0.25, 0.3) is 0 Å². The third kappa shape index (κ3) is 3.38. The maximum Gasteiger partial charge on any atom is 0.306 e. The predicted molar refractivity (Wildman–Crippen MR) is 116 cm³/mol. The smallest absolute Gasteiger partial charge is 0.306 e. The van der Waals surface area contributed by atoms with Gasteiger partial charge in [-0.25, -0.2) is 0 Å². The fourth-order valence-electron chi connectivity index (χ4n) is 9.29. The minimum absolute atomic E-state index is 0.114. The number of aliphatic hydroxyl groups excluding tert-OH is 1. The molecule has 0 spiro atoms. The highest BCUT2D eigenvalue weighted by atomic mass is 16.4. The first kappa shape index (κ1) is 21.7. The number of carbonyl (C=O) groups is 1. The zero-order valence-corrected chi connectivity index (χ0v) is 19.2. The number of carboxylic acid groups (broad SMARTS) is 1. The molecule has 0 heterocycles. The molecule has 0 aliphatic heterocycles. The monoisotopic (exact) mass is 404 g/mol. The Kier molecular flexibility index (Phi) is 5.86. The predicted octanol–water partition coefficient (Wildman–Crippen LogP) is 6.14. The highest BCUT2D eigenvalue weighted by Gasteiger charge is 2.62. The van der Waals surface area contributed by atoms with Crippen LogP contribution in [0.1, 0.15) is 98.3 Å². The van der Waals surface area contributed by atoms with Crippen molar-refractivity contribution >= 4 is 5.97 Å². The summed E-state index contributed by atoms with van der Waals surface area (Å²) in [5, 5.41) is 20.9. The molecule has 4 rings (SSSR count). The molecule has 0 bridgehead atoms. The van der Waals surface area contributed by atoms with E-state index < -0.39 is 5.97 Å². The van der Waals surface area contributed by atoms with Crippen LogP contribution in [-0.2, 0) is 4.79 Å². The summed E-state index contributed by atoms with van der Waals surface area (Å²) in [7, 11) is 0. The highest BCUT2D eigenvalue weighted by Crippen LogP contribution is 2.68. The number of hydrogen-bond donors (Lipinski definition) is 2. The molecular weight excluding hydrogens is 360 g/mol. The zero-order valence-electron chi connectivity index (χ0n) is 19.2. The lowest BCUT2D eigenvalue weighted by atomic mass is 9.44. The number of carboxylic acids is 1. The first-order valence-electron chi connectivity index (χ1n) is 12.6. The van der Waals surface area contributed by atoms with Crippen molar-refractivity contribution in [2.75, 3.05) is 0 Å². The number of aliphatic hydroxyl groups is 1. The van der Waals surface area contributed by atoms with Crippen molar-refractivity contribution in [2.24, 2.45) is 52.3 Å². The molecule has 166 valence electrons. The van der Waals surface area contributed by atoms with Gasteiger partial charge in [0, 0.05) is 0 Å². The van der Waals surface area contributed by atoms with Crippen molar-refractivity contribution in [2.45, 2.75) is 104 Å². The lowest BCUT2D eigenvalue weighted by Gasteiger charge is -2.62. The summed E-state index contributed by atoms with van der Waals surface area (Å²) in [6, 6.07) is 0. The van der Waals surface area contributed by atoms with E-state index in [1.807, 2.05) is 6.92 Å². The Morgan fingerprint density at radius 2 is 1.76 bits per heavy atom. The van der Waals surface area contributed by atoms with E-state index >= 15 is 0 Å². The Balaban J connectivity index is 1.55. The average molecular weight is 405 g/mol. The SMILES string of the molecule is CCC(C[C@@H](C)[C@H]1CC[C@H]2[C@@H]3[C@H](O)C[C@@H]4CCCC[C@]4(C)[C@H]3CC[C@]12C)C(=O)O. The van der Waals surface area contributed by atoms with Crippen LogP contribution >= 0.6 is 0 Å². The Bertz CT molecular complexity index is 617. The molecule has 0 aromatic carbocycles. The second kappa shape index (κ2) is 7.84. The summed E-state index contributed by atoms with van der Waals surface area (Å²) in [6.07, 6.45) is 12.9. The van der Waals surface area contributed by atoms with E-state index in [-0.39, 0.29) is 17.4 Å². The van der Waals surface area contributed by atoms with Crippen LogP contribution < -0.4 is 0 Å². The molecular formula is C26H44O3. The molecule has 2 N–H and O–H groups in total. The van der Waals surface area contributed by atoms with E-state index in [2.05, 4.69) is 20.8 Å². The van der Waals surface area contributed by atoms with Gasteiger partial charge >= 0.3 is 5.97 Å². The summed E-state index contributed by atoms with van der Waals surface area (Å²) in [5.41, 5.74) is 0.736. The van der Waals surface area contributed by atoms with Crippen molar-refractivity contribution in [3.05, 3.63) is 0 Å². The second-order valence-corrected chi connectivity index (χ2v) is 11.9. The van der Waals surface area contributed by atoms with E-state index in [1.54, 1.807) is 0 Å². The van der Waals surface area contributed by atoms with Gasteiger partial charge < -0.3 is 10.2 Å². The van der Waals surface area contributed by atoms with Gasteiger partial charge in [-0.3, -0.25) is 4.79 Å². The summed E-state index contributed by atoms with van der Waals surface area (Å²) < 4.78 is 0. The molecule has 3 heteroatoms. The Hall–Kier alpha value is -0.570. The number of aliphatic carboxylic acids is 1. The summed E-state index contributed by atoms with van der Waals surface area (Å²) in [4.78, 5) is 11.6. The third-order valence-corrected chi connectivity index (χ3v) is 10.9. The van der Waals surface area contributed by atoms with Gasteiger partial charge in [-0.1, -0.05) is 40.5 Å². The largest absolute Gasteiger partial charge is 0.481 e. The van der Waals surface area contributed by atoms with Gasteiger partial charge in [0.1, 0.15) is 0 Å². The van der Waals surface area contributed by atoms with Crippen LogP contribution in [0.5, 0.6) is 0 Å². The molecule has 3 nitrogen and oxygen atoms in total. The fourth-order valence-corrected chi connectivity index (χ4v) is 9.29. The van der Waals surface area contributed by atoms with E-state index in [0.29, 0.717) is 35.0 Å². The normalized spacial score (nSPS) is 48.9. The van der Waals surface area contributed by atoms with E-state index in [9.17, 15) is 15.0 Å². The van der Waals surface area contributed by atoms with Gasteiger partial charge in [-0.2, -0.15) is 0 Å². The minimum Gasteiger partial charge on any atom is -0.481 e. The van der Waals surface area contributed by atoms with Crippen LogP contribution in [-0.4, -0.2) is 22.3 Å². The van der Waals surface area contributed by atoms with Crippen LogP contribution in [0.4, 0.5) is 0 Å². The number of fused-ring (bicyclic) bond motifs is 5. The summed E-state index contributed by atoms with van der Waals surface area (Å²) >= 11 is 0. The standard InChI is InChI=1S/C26H44O3/c1-5-17(24(28)29)14-16(2)19-9-10-20-23-21(11-13-26(19,20)4)25(3)12-7-6-8-18(25)15-22(23)27/h16-23,27H,5-15H2,1-4H3,(H,28,29)/t16-,17?,18+,19-,20+,21+,22-,23+,25+,26-/m1/s1. The molecule has 29 heavy (non-hydrogen) atoms. The van der Waals surface area contributed by atoms with Crippen molar-refractivity contribution in [1.82, 2.24) is 0 Å². The minimum atomic E-state index is -0.623. The Labute approximate surface area is 178 Å². The molecule has 0 aromatic heterocycles. The van der Waals surface area contributed by atoms with Crippen molar-refractivity contribution < 1.29 is 15.0 Å². The van der Waals surface area contributed by atoms with Crippen molar-refractivity contribution in [3.63, 3.8) is 0 Å². The van der Waals surface area contributed by atoms with Gasteiger partial charge in [0.2, 0.25) is 0 Å². The van der Waals surface area contributed by atoms with Crippen LogP contribution in [0.3, 0.4) is 0 Å². The molecule has 0 amide bonds. The zero-order chi connectivity index (χ0) is 21.0. The summed E-state index contributed by atoms with van der Waals surface area (Å²) in [5.74, 6) is 2.79. The lowest BCUT2D eigenvalue weighted by molar-refractivity contribution is -0.165. The van der Waals surface area contributed by atoms with Gasteiger partial charge in [0.05, 0.1) is 12.0 Å². The molecule has 0 aromatic rings. The lowest BCUT2D eigenvalue weighted by Crippen LogP contribution is -2.57. The maximum absolute atomic E-state index is 11.6. The third-order valence-electron chi connectivity index (χ3n) is 10.9. The average Bonchev–Trinajstić information content (AvgIpc) is 3.03. The molecule has 4 aliphatic rings. The Morgan fingerprint density at radius 1 is 1.03 bits per heavy atom. The van der Waals surface area contributed by atoms with E-state index in [1.165, 1.54) is 51.4 Å². The fraction of sp³-hybridized carbons (Fsp3) is 0.962. The quantitative estimate of drug-likeness (QED) is 0.578. The molecule has 0 saturated heterocycles. The van der Waals surface area contributed by atoms with Crippen molar-refractivity contribution in [3.8, 4) is 0 Å². The van der Waals surface area contributed by atoms with Crippen LogP contribution in [0.2, 0.25) is 0 Å². The highest BCUT2D eigenvalue weighted by molar-refractivity contribution is 5.69. The molecule has 4 fully saturated rings. The first-order chi connectivity index (χ1) is 13.7. The van der Waals surface area contributed by atoms with Gasteiger partial charge in [-0.05, 0) is 104 Å². The summed E-state index contributed by atoms with van der Waals surface area (Å²) in [6.45, 7) is 9.39. The van der Waals surface area contributed by atoms with E-state index in [4.69, 9.17) is 0 Å². The van der Waals surface area contributed by atoms with Crippen molar-refractivity contribution in [1.29, 1.82) is 0 Å².